The number of esters is 1. The van der Waals surface area contributed by atoms with Crippen LogP contribution < -0.4 is 0 Å². The minimum Gasteiger partial charge on any atom is -0.459 e. The van der Waals surface area contributed by atoms with E-state index in [-0.39, 0.29) is 12.1 Å². The van der Waals surface area contributed by atoms with Gasteiger partial charge < -0.3 is 4.74 Å². The van der Waals surface area contributed by atoms with Gasteiger partial charge in [-0.15, -0.1) is 0 Å². The van der Waals surface area contributed by atoms with Gasteiger partial charge in [0.2, 0.25) is 0 Å². The highest BCUT2D eigenvalue weighted by molar-refractivity contribution is 5.89. The maximum atomic E-state index is 12.4. The fourth-order valence-corrected chi connectivity index (χ4v) is 3.36. The molecule has 0 N–H and O–H groups in total. The summed E-state index contributed by atoms with van der Waals surface area (Å²) in [7, 11) is 0. The largest absolute Gasteiger partial charge is 0.459 e. The van der Waals surface area contributed by atoms with Crippen molar-refractivity contribution in [3.05, 3.63) is 35.9 Å². The van der Waals surface area contributed by atoms with E-state index < -0.39 is 0 Å². The molecule has 0 heterocycles. The fourth-order valence-electron chi connectivity index (χ4n) is 3.36. The number of hydrogen-bond acceptors (Lipinski definition) is 2. The van der Waals surface area contributed by atoms with E-state index >= 15 is 0 Å². The molecule has 0 aliphatic rings. The molecule has 0 saturated heterocycles. The van der Waals surface area contributed by atoms with Gasteiger partial charge >= 0.3 is 5.97 Å². The Balaban J connectivity index is 2.35. The number of carbonyl (C=O) groups is 1. The van der Waals surface area contributed by atoms with Gasteiger partial charge in [-0.2, -0.15) is 0 Å². The van der Waals surface area contributed by atoms with Crippen molar-refractivity contribution in [3.8, 4) is 0 Å². The molecule has 0 spiro atoms. The molecule has 2 heteroatoms. The van der Waals surface area contributed by atoms with Gasteiger partial charge in [-0.05, 0) is 37.8 Å². The Morgan fingerprint density at radius 1 is 0.731 bits per heavy atom. The molecular formula is C24H40O2. The Hall–Kier alpha value is -1.31. The smallest absolute Gasteiger partial charge is 0.338 e. The molecule has 0 bridgehead atoms. The third-order valence-corrected chi connectivity index (χ3v) is 5.04. The first-order valence-electron chi connectivity index (χ1n) is 11.0. The minimum absolute atomic E-state index is 0.0834. The second-order valence-corrected chi connectivity index (χ2v) is 7.51. The number of carbonyl (C=O) groups excluding carboxylic acids is 1. The van der Waals surface area contributed by atoms with E-state index in [9.17, 15) is 4.79 Å². The summed E-state index contributed by atoms with van der Waals surface area (Å²) in [5.74, 6) is -0.160. The Morgan fingerprint density at radius 3 is 1.69 bits per heavy atom. The lowest BCUT2D eigenvalue weighted by atomic mass is 10.0. The molecule has 0 unspecified atom stereocenters. The van der Waals surface area contributed by atoms with Crippen molar-refractivity contribution >= 4 is 5.97 Å². The molecule has 0 radical (unpaired) electrons. The minimum atomic E-state index is -0.160. The summed E-state index contributed by atoms with van der Waals surface area (Å²) in [4.78, 5) is 12.4. The second kappa shape index (κ2) is 15.9. The zero-order chi connectivity index (χ0) is 18.9. The van der Waals surface area contributed by atoms with Crippen molar-refractivity contribution in [2.24, 2.45) is 0 Å². The molecule has 0 aromatic heterocycles. The van der Waals surface area contributed by atoms with Gasteiger partial charge in [-0.3, -0.25) is 0 Å². The summed E-state index contributed by atoms with van der Waals surface area (Å²) >= 11 is 0. The predicted molar refractivity (Wildman–Crippen MR) is 112 cm³/mol. The summed E-state index contributed by atoms with van der Waals surface area (Å²) in [6.45, 7) is 4.50. The number of ether oxygens (including phenoxy) is 1. The van der Waals surface area contributed by atoms with Gasteiger partial charge in [0.05, 0.1) is 5.56 Å². The first-order valence-corrected chi connectivity index (χ1v) is 11.0. The van der Waals surface area contributed by atoms with Crippen LogP contribution in [0.25, 0.3) is 0 Å². The van der Waals surface area contributed by atoms with Crippen LogP contribution in [0, 0.1) is 0 Å². The van der Waals surface area contributed by atoms with E-state index in [4.69, 9.17) is 4.74 Å². The topological polar surface area (TPSA) is 26.3 Å². The van der Waals surface area contributed by atoms with E-state index in [1.165, 1.54) is 77.0 Å². The summed E-state index contributed by atoms with van der Waals surface area (Å²) in [5.41, 5.74) is 0.670. The second-order valence-electron chi connectivity index (χ2n) is 7.51. The third-order valence-electron chi connectivity index (χ3n) is 5.04. The lowest BCUT2D eigenvalue weighted by Crippen LogP contribution is -2.18. The molecule has 2 nitrogen and oxygen atoms in total. The molecule has 0 aliphatic heterocycles. The number of benzene rings is 1. The van der Waals surface area contributed by atoms with Crippen molar-refractivity contribution in [2.45, 2.75) is 110 Å². The quantitative estimate of drug-likeness (QED) is 0.223. The lowest BCUT2D eigenvalue weighted by molar-refractivity contribution is 0.0249. The number of hydrogen-bond donors (Lipinski definition) is 0. The van der Waals surface area contributed by atoms with Crippen LogP contribution in [-0.4, -0.2) is 12.1 Å². The molecule has 0 aliphatic carbocycles. The van der Waals surface area contributed by atoms with Crippen LogP contribution in [0.5, 0.6) is 0 Å². The van der Waals surface area contributed by atoms with Crippen LogP contribution >= 0.6 is 0 Å². The molecule has 0 atom stereocenters. The van der Waals surface area contributed by atoms with Crippen molar-refractivity contribution in [3.63, 3.8) is 0 Å². The number of unbranched alkanes of at least 4 members (excludes halogenated alkanes) is 10. The lowest BCUT2D eigenvalue weighted by Gasteiger charge is -2.18. The van der Waals surface area contributed by atoms with Gasteiger partial charge in [-0.1, -0.05) is 96.3 Å². The normalized spacial score (nSPS) is 11.0. The molecule has 148 valence electrons. The maximum absolute atomic E-state index is 12.4. The average Bonchev–Trinajstić information content (AvgIpc) is 2.67. The van der Waals surface area contributed by atoms with E-state index in [2.05, 4.69) is 13.8 Å². The first-order chi connectivity index (χ1) is 12.8. The van der Waals surface area contributed by atoms with Crippen LogP contribution in [0.15, 0.2) is 30.3 Å². The highest BCUT2D eigenvalue weighted by atomic mass is 16.5. The SMILES string of the molecule is CCCCCCCCC(CCCCCCCC)OC(=O)c1ccccc1. The van der Waals surface area contributed by atoms with Crippen LogP contribution in [-0.2, 0) is 4.74 Å². The van der Waals surface area contributed by atoms with E-state index in [0.29, 0.717) is 5.56 Å². The summed E-state index contributed by atoms with van der Waals surface area (Å²) in [6.07, 6.45) is 17.5. The molecule has 0 amide bonds. The van der Waals surface area contributed by atoms with Crippen molar-refractivity contribution in [2.75, 3.05) is 0 Å². The molecular weight excluding hydrogens is 320 g/mol. The highest BCUT2D eigenvalue weighted by Crippen LogP contribution is 2.18. The molecule has 0 fully saturated rings. The monoisotopic (exact) mass is 360 g/mol. The zero-order valence-electron chi connectivity index (χ0n) is 17.2. The summed E-state index contributed by atoms with van der Waals surface area (Å²) in [6, 6.07) is 9.41. The van der Waals surface area contributed by atoms with E-state index in [1.807, 2.05) is 30.3 Å². The molecule has 0 saturated carbocycles. The van der Waals surface area contributed by atoms with Crippen LogP contribution in [0.3, 0.4) is 0 Å². The Bertz CT molecular complexity index is 425. The van der Waals surface area contributed by atoms with Gasteiger partial charge in [-0.25, -0.2) is 4.79 Å². The van der Waals surface area contributed by atoms with Crippen LogP contribution in [0.1, 0.15) is 114 Å². The van der Waals surface area contributed by atoms with Crippen LogP contribution in [0.4, 0.5) is 0 Å². The first kappa shape index (κ1) is 22.7. The van der Waals surface area contributed by atoms with Crippen molar-refractivity contribution < 1.29 is 9.53 Å². The average molecular weight is 361 g/mol. The molecule has 1 aromatic carbocycles. The number of rotatable bonds is 16. The molecule has 1 rings (SSSR count). The summed E-state index contributed by atoms with van der Waals surface area (Å²) in [5, 5.41) is 0. The predicted octanol–water partition coefficient (Wildman–Crippen LogP) is 7.71. The molecule has 26 heavy (non-hydrogen) atoms. The zero-order valence-corrected chi connectivity index (χ0v) is 17.2. The van der Waals surface area contributed by atoms with Crippen molar-refractivity contribution in [1.29, 1.82) is 0 Å². The Morgan fingerprint density at radius 2 is 1.19 bits per heavy atom. The molecule has 1 aromatic rings. The van der Waals surface area contributed by atoms with Crippen molar-refractivity contribution in [1.82, 2.24) is 0 Å². The van der Waals surface area contributed by atoms with Gasteiger partial charge in [0, 0.05) is 0 Å². The fraction of sp³-hybridized carbons (Fsp3) is 0.708. The van der Waals surface area contributed by atoms with E-state index in [1.54, 1.807) is 0 Å². The maximum Gasteiger partial charge on any atom is 0.338 e. The summed E-state index contributed by atoms with van der Waals surface area (Å²) < 4.78 is 5.85. The third kappa shape index (κ3) is 11.3. The van der Waals surface area contributed by atoms with Gasteiger partial charge in [0.25, 0.3) is 0 Å². The van der Waals surface area contributed by atoms with Gasteiger partial charge in [0.1, 0.15) is 6.10 Å². The Kier molecular flexibility index (Phi) is 13.9. The van der Waals surface area contributed by atoms with E-state index in [0.717, 1.165) is 12.8 Å². The standard InChI is InChI=1S/C24H40O2/c1-3-5-7-9-11-16-20-23(21-17-12-10-8-6-4-2)26-24(25)22-18-14-13-15-19-22/h13-15,18-19,23H,3-12,16-17,20-21H2,1-2H3. The van der Waals surface area contributed by atoms with Crippen LogP contribution in [0.2, 0.25) is 0 Å². The highest BCUT2D eigenvalue weighted by Gasteiger charge is 2.15. The van der Waals surface area contributed by atoms with Gasteiger partial charge in [0.15, 0.2) is 0 Å². The Labute approximate surface area is 161 Å².